The van der Waals surface area contributed by atoms with Crippen LogP contribution in [0.4, 0.5) is 0 Å². The Morgan fingerprint density at radius 2 is 1.76 bits per heavy atom. The standard InChI is InChI=1S/C18H22OS2/c1-18(2,3)16-10-9-14(21-16)17(19)15-11-12-7-5-4-6-8-13(12)20-15/h9-11H,4-8H2,1-3H3. The lowest BCUT2D eigenvalue weighted by Gasteiger charge is -2.15. The second-order valence-electron chi connectivity index (χ2n) is 6.86. The quantitative estimate of drug-likeness (QED) is 0.520. The third-order valence-corrected chi connectivity index (χ3v) is 6.79. The van der Waals surface area contributed by atoms with Crippen LogP contribution in [0.15, 0.2) is 18.2 Å². The summed E-state index contributed by atoms with van der Waals surface area (Å²) in [6, 6.07) is 6.26. The lowest BCUT2D eigenvalue weighted by molar-refractivity contribution is 0.104. The average molecular weight is 319 g/mol. The van der Waals surface area contributed by atoms with Gasteiger partial charge in [-0.15, -0.1) is 22.7 Å². The number of aryl methyl sites for hydroxylation is 2. The fourth-order valence-electron chi connectivity index (χ4n) is 2.76. The Bertz CT molecular complexity index is 632. The van der Waals surface area contributed by atoms with Gasteiger partial charge in [-0.25, -0.2) is 0 Å². The van der Waals surface area contributed by atoms with Crippen LogP contribution in [-0.4, -0.2) is 5.78 Å². The van der Waals surface area contributed by atoms with Crippen molar-refractivity contribution in [2.45, 2.75) is 58.3 Å². The molecule has 0 spiro atoms. The maximum Gasteiger partial charge on any atom is 0.212 e. The largest absolute Gasteiger partial charge is 0.287 e. The predicted molar refractivity (Wildman–Crippen MR) is 92.0 cm³/mol. The van der Waals surface area contributed by atoms with E-state index in [0.717, 1.165) is 22.6 Å². The molecule has 2 aromatic rings. The zero-order valence-electron chi connectivity index (χ0n) is 13.0. The van der Waals surface area contributed by atoms with Crippen molar-refractivity contribution in [3.63, 3.8) is 0 Å². The van der Waals surface area contributed by atoms with E-state index in [1.165, 1.54) is 34.6 Å². The van der Waals surface area contributed by atoms with Crippen molar-refractivity contribution in [2.75, 3.05) is 0 Å². The van der Waals surface area contributed by atoms with Gasteiger partial charge in [0.05, 0.1) is 9.75 Å². The van der Waals surface area contributed by atoms with Gasteiger partial charge in [0, 0.05) is 9.75 Å². The van der Waals surface area contributed by atoms with Gasteiger partial charge in [0.1, 0.15) is 0 Å². The van der Waals surface area contributed by atoms with Gasteiger partial charge in [0.15, 0.2) is 0 Å². The van der Waals surface area contributed by atoms with E-state index in [4.69, 9.17) is 0 Å². The van der Waals surface area contributed by atoms with Gasteiger partial charge in [0.25, 0.3) is 0 Å². The lowest BCUT2D eigenvalue weighted by Crippen LogP contribution is -2.07. The van der Waals surface area contributed by atoms with Crippen molar-refractivity contribution in [3.8, 4) is 0 Å². The Kier molecular flexibility index (Phi) is 4.06. The van der Waals surface area contributed by atoms with Crippen LogP contribution in [0.1, 0.15) is 69.9 Å². The van der Waals surface area contributed by atoms with E-state index < -0.39 is 0 Å². The highest BCUT2D eigenvalue weighted by Gasteiger charge is 2.21. The molecule has 1 aliphatic rings. The molecule has 21 heavy (non-hydrogen) atoms. The molecule has 0 radical (unpaired) electrons. The van der Waals surface area contributed by atoms with Gasteiger partial charge in [-0.1, -0.05) is 27.2 Å². The Balaban J connectivity index is 1.87. The van der Waals surface area contributed by atoms with Crippen LogP contribution in [0.2, 0.25) is 0 Å². The zero-order chi connectivity index (χ0) is 15.0. The van der Waals surface area contributed by atoms with E-state index in [-0.39, 0.29) is 11.2 Å². The molecule has 0 aliphatic heterocycles. The van der Waals surface area contributed by atoms with E-state index in [9.17, 15) is 4.79 Å². The number of fused-ring (bicyclic) bond motifs is 1. The molecule has 0 saturated carbocycles. The molecule has 0 N–H and O–H groups in total. The van der Waals surface area contributed by atoms with Crippen LogP contribution in [0.3, 0.4) is 0 Å². The van der Waals surface area contributed by atoms with E-state index in [0.29, 0.717) is 0 Å². The van der Waals surface area contributed by atoms with Crippen molar-refractivity contribution < 1.29 is 4.79 Å². The molecule has 1 aliphatic carbocycles. The summed E-state index contributed by atoms with van der Waals surface area (Å²) in [6.45, 7) is 6.58. The van der Waals surface area contributed by atoms with Gasteiger partial charge in [-0.2, -0.15) is 0 Å². The highest BCUT2D eigenvalue weighted by atomic mass is 32.1. The van der Waals surface area contributed by atoms with Crippen LogP contribution in [0.5, 0.6) is 0 Å². The number of hydrogen-bond acceptors (Lipinski definition) is 3. The van der Waals surface area contributed by atoms with Crippen molar-refractivity contribution in [2.24, 2.45) is 0 Å². The van der Waals surface area contributed by atoms with Crippen molar-refractivity contribution in [3.05, 3.63) is 43.3 Å². The van der Waals surface area contributed by atoms with Crippen LogP contribution in [-0.2, 0) is 18.3 Å². The van der Waals surface area contributed by atoms with Gasteiger partial charge in [0.2, 0.25) is 5.78 Å². The molecule has 0 unspecified atom stereocenters. The van der Waals surface area contributed by atoms with E-state index in [1.54, 1.807) is 22.7 Å². The van der Waals surface area contributed by atoms with Crippen LogP contribution >= 0.6 is 22.7 Å². The Morgan fingerprint density at radius 1 is 1.00 bits per heavy atom. The van der Waals surface area contributed by atoms with Crippen LogP contribution < -0.4 is 0 Å². The fourth-order valence-corrected chi connectivity index (χ4v) is 5.05. The number of hydrogen-bond donors (Lipinski definition) is 0. The first kappa shape index (κ1) is 15.0. The Morgan fingerprint density at radius 3 is 2.48 bits per heavy atom. The van der Waals surface area contributed by atoms with Crippen LogP contribution in [0.25, 0.3) is 0 Å². The van der Waals surface area contributed by atoms with Gasteiger partial charge in [-0.05, 0) is 54.9 Å². The number of rotatable bonds is 2. The van der Waals surface area contributed by atoms with Crippen molar-refractivity contribution >= 4 is 28.5 Å². The Hall–Kier alpha value is -0.930. The second-order valence-corrected chi connectivity index (χ2v) is 9.08. The first-order valence-corrected chi connectivity index (χ1v) is 9.35. The van der Waals surface area contributed by atoms with E-state index in [2.05, 4.69) is 32.9 Å². The number of thiophene rings is 2. The molecule has 3 heteroatoms. The molecule has 0 aromatic carbocycles. The molecule has 2 heterocycles. The molecule has 0 bridgehead atoms. The maximum atomic E-state index is 12.7. The molecule has 3 rings (SSSR count). The number of carbonyl (C=O) groups excluding carboxylic acids is 1. The average Bonchev–Trinajstić information content (AvgIpc) is 3.01. The molecule has 0 amide bonds. The summed E-state index contributed by atoms with van der Waals surface area (Å²) in [6.07, 6.45) is 6.17. The molecule has 112 valence electrons. The number of carbonyl (C=O) groups is 1. The van der Waals surface area contributed by atoms with E-state index in [1.807, 2.05) is 6.07 Å². The minimum absolute atomic E-state index is 0.121. The predicted octanol–water partition coefficient (Wildman–Crippen LogP) is 5.61. The first-order valence-electron chi connectivity index (χ1n) is 7.72. The fraction of sp³-hybridized carbons (Fsp3) is 0.500. The van der Waals surface area contributed by atoms with Gasteiger partial charge < -0.3 is 0 Å². The minimum atomic E-state index is 0.121. The summed E-state index contributed by atoms with van der Waals surface area (Å²) in [5.74, 6) is 0.216. The van der Waals surface area contributed by atoms with Crippen LogP contribution in [0, 0.1) is 0 Å². The SMILES string of the molecule is CC(C)(C)c1ccc(C(=O)c2cc3c(s2)CCCCC3)s1. The minimum Gasteiger partial charge on any atom is -0.287 e. The molecule has 0 fully saturated rings. The van der Waals surface area contributed by atoms with E-state index >= 15 is 0 Å². The molecule has 2 aromatic heterocycles. The molecular formula is C18H22OS2. The summed E-state index contributed by atoms with van der Waals surface area (Å²) in [7, 11) is 0. The molecule has 0 saturated heterocycles. The van der Waals surface area contributed by atoms with Gasteiger partial charge >= 0.3 is 0 Å². The maximum absolute atomic E-state index is 12.7. The zero-order valence-corrected chi connectivity index (χ0v) is 14.6. The third-order valence-electron chi connectivity index (χ3n) is 4.04. The highest BCUT2D eigenvalue weighted by Crippen LogP contribution is 2.34. The monoisotopic (exact) mass is 318 g/mol. The van der Waals surface area contributed by atoms with Crippen molar-refractivity contribution in [1.82, 2.24) is 0 Å². The lowest BCUT2D eigenvalue weighted by atomic mass is 9.95. The topological polar surface area (TPSA) is 17.1 Å². The molecular weight excluding hydrogens is 296 g/mol. The summed E-state index contributed by atoms with van der Waals surface area (Å²) in [5.41, 5.74) is 1.55. The van der Waals surface area contributed by atoms with Crippen molar-refractivity contribution in [1.29, 1.82) is 0 Å². The Labute approximate surface area is 135 Å². The second kappa shape index (κ2) is 5.69. The smallest absolute Gasteiger partial charge is 0.212 e. The summed E-state index contributed by atoms with van der Waals surface area (Å²) in [5, 5.41) is 0. The molecule has 0 atom stereocenters. The van der Waals surface area contributed by atoms with Gasteiger partial charge in [-0.3, -0.25) is 4.79 Å². The summed E-state index contributed by atoms with van der Waals surface area (Å²) in [4.78, 5) is 17.3. The normalized spacial score (nSPS) is 15.6. The third kappa shape index (κ3) is 3.14. The highest BCUT2D eigenvalue weighted by molar-refractivity contribution is 7.17. The number of ketones is 1. The first-order chi connectivity index (χ1) is 9.95. The molecule has 1 nitrogen and oxygen atoms in total. The summed E-state index contributed by atoms with van der Waals surface area (Å²) < 4.78 is 0. The summed E-state index contributed by atoms with van der Waals surface area (Å²) >= 11 is 3.38.